The molecule has 0 aromatic heterocycles. The molecule has 19 heavy (non-hydrogen) atoms. The van der Waals surface area contributed by atoms with Crippen molar-refractivity contribution in [2.75, 3.05) is 24.5 Å². The summed E-state index contributed by atoms with van der Waals surface area (Å²) < 4.78 is 0. The van der Waals surface area contributed by atoms with Gasteiger partial charge in [0.1, 0.15) is 0 Å². The van der Waals surface area contributed by atoms with Crippen molar-refractivity contribution >= 4 is 17.5 Å². The van der Waals surface area contributed by atoms with Gasteiger partial charge >= 0.3 is 11.8 Å². The number of benzene rings is 1. The first-order valence-corrected chi connectivity index (χ1v) is 6.61. The second-order valence-electron chi connectivity index (χ2n) is 4.63. The summed E-state index contributed by atoms with van der Waals surface area (Å²) in [4.78, 5) is 24.7. The van der Waals surface area contributed by atoms with Crippen LogP contribution in [0.1, 0.15) is 18.4 Å². The fourth-order valence-electron chi connectivity index (χ4n) is 2.18. The molecule has 2 rings (SSSR count). The average molecular weight is 261 g/mol. The molecular weight excluding hydrogens is 242 g/mol. The van der Waals surface area contributed by atoms with Crippen LogP contribution in [0.3, 0.4) is 0 Å². The van der Waals surface area contributed by atoms with Crippen molar-refractivity contribution < 1.29 is 9.59 Å². The second-order valence-corrected chi connectivity index (χ2v) is 4.63. The van der Waals surface area contributed by atoms with Crippen LogP contribution >= 0.6 is 0 Å². The average Bonchev–Trinajstić information content (AvgIpc) is 2.43. The molecule has 0 spiro atoms. The minimum atomic E-state index is -0.528. The number of carbonyl (C=O) groups excluding carboxylic acids is 2. The van der Waals surface area contributed by atoms with Crippen LogP contribution in [0, 0.1) is 0 Å². The normalized spacial score (nSPS) is 15.5. The molecule has 0 bridgehead atoms. The lowest BCUT2D eigenvalue weighted by Gasteiger charge is -2.26. The predicted octanol–water partition coefficient (Wildman–Crippen LogP) is 0.431. The van der Waals surface area contributed by atoms with Gasteiger partial charge in [-0.2, -0.15) is 0 Å². The first-order valence-electron chi connectivity index (χ1n) is 6.61. The highest BCUT2D eigenvalue weighted by atomic mass is 16.2. The van der Waals surface area contributed by atoms with Gasteiger partial charge in [0.25, 0.3) is 0 Å². The summed E-state index contributed by atoms with van der Waals surface area (Å²) in [6.45, 7) is 1.73. The molecule has 0 aliphatic carbocycles. The van der Waals surface area contributed by atoms with Gasteiger partial charge < -0.3 is 16.0 Å². The Morgan fingerprint density at radius 1 is 1.26 bits per heavy atom. The van der Waals surface area contributed by atoms with Gasteiger partial charge in [-0.3, -0.25) is 9.59 Å². The number of rotatable bonds is 5. The van der Waals surface area contributed by atoms with Gasteiger partial charge in [-0.05, 0) is 43.5 Å². The largest absolute Gasteiger partial charge is 0.346 e. The Morgan fingerprint density at radius 2 is 2.11 bits per heavy atom. The van der Waals surface area contributed by atoms with Crippen LogP contribution in [0.2, 0.25) is 0 Å². The molecule has 1 aliphatic rings. The quantitative estimate of drug-likeness (QED) is 0.596. The van der Waals surface area contributed by atoms with Gasteiger partial charge in [0.15, 0.2) is 0 Å². The van der Waals surface area contributed by atoms with Crippen molar-refractivity contribution in [3.8, 4) is 0 Å². The molecule has 1 fully saturated rings. The van der Waals surface area contributed by atoms with Crippen LogP contribution < -0.4 is 16.0 Å². The molecule has 0 saturated carbocycles. The van der Waals surface area contributed by atoms with E-state index in [4.69, 9.17) is 5.73 Å². The molecule has 2 amide bonds. The van der Waals surface area contributed by atoms with E-state index in [1.165, 1.54) is 10.5 Å². The molecule has 1 aliphatic heterocycles. The smallest absolute Gasteiger partial charge is 0.316 e. The summed E-state index contributed by atoms with van der Waals surface area (Å²) in [6, 6.07) is 7.80. The first-order chi connectivity index (χ1) is 9.22. The van der Waals surface area contributed by atoms with Gasteiger partial charge in [-0.25, -0.2) is 0 Å². The van der Waals surface area contributed by atoms with Gasteiger partial charge in [0.2, 0.25) is 0 Å². The molecule has 3 N–H and O–H groups in total. The number of nitrogens with one attached hydrogen (secondary N) is 1. The maximum atomic E-state index is 11.8. The number of nitrogens with zero attached hydrogens (tertiary/aromatic N) is 1. The second kappa shape index (κ2) is 6.33. The molecular formula is C14H19N3O2. The number of carbonyl (C=O) groups is 2. The van der Waals surface area contributed by atoms with E-state index >= 15 is 0 Å². The summed E-state index contributed by atoms with van der Waals surface area (Å²) in [7, 11) is 0. The van der Waals surface area contributed by atoms with Gasteiger partial charge in [0, 0.05) is 18.8 Å². The highest BCUT2D eigenvalue weighted by molar-refractivity contribution is 6.41. The number of aryl methyl sites for hydroxylation is 1. The van der Waals surface area contributed by atoms with Gasteiger partial charge in [-0.15, -0.1) is 0 Å². The summed E-state index contributed by atoms with van der Waals surface area (Å²) in [5, 5.41) is 2.54. The van der Waals surface area contributed by atoms with E-state index in [1.807, 2.05) is 24.3 Å². The molecule has 5 nitrogen and oxygen atoms in total. The molecule has 5 heteroatoms. The highest BCUT2D eigenvalue weighted by Gasteiger charge is 2.27. The van der Waals surface area contributed by atoms with E-state index in [-0.39, 0.29) is 0 Å². The van der Waals surface area contributed by atoms with Crippen LogP contribution in [0.4, 0.5) is 5.69 Å². The molecule has 1 heterocycles. The Morgan fingerprint density at radius 3 is 2.89 bits per heavy atom. The third-order valence-corrected chi connectivity index (χ3v) is 3.20. The standard InChI is InChI=1S/C14H19N3O2/c15-7-2-1-4-11-5-3-6-12(10-11)17-9-8-16-13(18)14(17)19/h3,5-6,10H,1-2,4,7-9,15H2,(H,16,18). The monoisotopic (exact) mass is 261 g/mol. The molecule has 0 radical (unpaired) electrons. The lowest BCUT2D eigenvalue weighted by molar-refractivity contribution is -0.138. The lowest BCUT2D eigenvalue weighted by Crippen LogP contribution is -2.52. The minimum Gasteiger partial charge on any atom is -0.346 e. The summed E-state index contributed by atoms with van der Waals surface area (Å²) in [5.41, 5.74) is 7.44. The number of anilines is 1. The van der Waals surface area contributed by atoms with E-state index in [2.05, 4.69) is 5.32 Å². The zero-order chi connectivity index (χ0) is 13.7. The number of hydrogen-bond donors (Lipinski definition) is 2. The fourth-order valence-corrected chi connectivity index (χ4v) is 2.18. The number of piperazine rings is 1. The Balaban J connectivity index is 2.09. The van der Waals surface area contributed by atoms with Crippen LogP contribution in [0.25, 0.3) is 0 Å². The van der Waals surface area contributed by atoms with Crippen molar-refractivity contribution in [3.63, 3.8) is 0 Å². The molecule has 0 atom stereocenters. The predicted molar refractivity (Wildman–Crippen MR) is 73.8 cm³/mol. The molecule has 1 aromatic carbocycles. The zero-order valence-electron chi connectivity index (χ0n) is 10.9. The third kappa shape index (κ3) is 3.32. The van der Waals surface area contributed by atoms with Crippen molar-refractivity contribution in [2.45, 2.75) is 19.3 Å². The van der Waals surface area contributed by atoms with Crippen LogP contribution in [0.5, 0.6) is 0 Å². The van der Waals surface area contributed by atoms with Crippen LogP contribution in [-0.4, -0.2) is 31.4 Å². The number of hydrogen-bond acceptors (Lipinski definition) is 3. The summed E-state index contributed by atoms with van der Waals surface area (Å²) in [5.74, 6) is -1.01. The van der Waals surface area contributed by atoms with Crippen molar-refractivity contribution in [2.24, 2.45) is 5.73 Å². The van der Waals surface area contributed by atoms with Crippen molar-refractivity contribution in [1.82, 2.24) is 5.32 Å². The SMILES string of the molecule is NCCCCc1cccc(N2CCNC(=O)C2=O)c1. The van der Waals surface area contributed by atoms with Crippen molar-refractivity contribution in [1.29, 1.82) is 0 Å². The van der Waals surface area contributed by atoms with E-state index in [9.17, 15) is 9.59 Å². The minimum absolute atomic E-state index is 0.481. The number of amides is 2. The Labute approximate surface area is 112 Å². The maximum absolute atomic E-state index is 11.8. The Kier molecular flexibility index (Phi) is 4.52. The van der Waals surface area contributed by atoms with Gasteiger partial charge in [-0.1, -0.05) is 12.1 Å². The zero-order valence-corrected chi connectivity index (χ0v) is 10.9. The lowest BCUT2D eigenvalue weighted by atomic mass is 10.1. The number of unbranched alkanes of at least 4 members (excludes halogenated alkanes) is 1. The summed E-state index contributed by atoms with van der Waals surface area (Å²) >= 11 is 0. The third-order valence-electron chi connectivity index (χ3n) is 3.20. The van der Waals surface area contributed by atoms with E-state index in [0.717, 1.165) is 24.9 Å². The topological polar surface area (TPSA) is 75.4 Å². The molecule has 0 unspecified atom stereocenters. The molecule has 1 saturated heterocycles. The van der Waals surface area contributed by atoms with E-state index in [0.29, 0.717) is 19.6 Å². The van der Waals surface area contributed by atoms with Crippen LogP contribution in [-0.2, 0) is 16.0 Å². The number of nitrogens with two attached hydrogens (primary N) is 1. The van der Waals surface area contributed by atoms with Crippen LogP contribution in [0.15, 0.2) is 24.3 Å². The summed E-state index contributed by atoms with van der Waals surface area (Å²) in [6.07, 6.45) is 2.98. The fraction of sp³-hybridized carbons (Fsp3) is 0.429. The first kappa shape index (κ1) is 13.5. The van der Waals surface area contributed by atoms with E-state index < -0.39 is 11.8 Å². The molecule has 102 valence electrons. The Hall–Kier alpha value is -1.88. The maximum Gasteiger partial charge on any atom is 0.316 e. The molecule has 1 aromatic rings. The van der Waals surface area contributed by atoms with E-state index in [1.54, 1.807) is 0 Å². The van der Waals surface area contributed by atoms with Crippen molar-refractivity contribution in [3.05, 3.63) is 29.8 Å². The Bertz CT molecular complexity index is 474. The highest BCUT2D eigenvalue weighted by Crippen LogP contribution is 2.18. The van der Waals surface area contributed by atoms with Gasteiger partial charge in [0.05, 0.1) is 0 Å².